The molecule has 3 heteroatoms. The molecular formula is C15H15N3. The number of hydrogen-bond acceptors (Lipinski definition) is 2. The highest BCUT2D eigenvalue weighted by Crippen LogP contribution is 2.24. The lowest BCUT2D eigenvalue weighted by Gasteiger charge is -2.09. The molecule has 0 aliphatic rings. The van der Waals surface area contributed by atoms with Crippen molar-refractivity contribution in [1.29, 1.82) is 0 Å². The predicted octanol–water partition coefficient (Wildman–Crippen LogP) is 3.15. The van der Waals surface area contributed by atoms with Gasteiger partial charge in [-0.05, 0) is 41.8 Å². The van der Waals surface area contributed by atoms with Crippen LogP contribution >= 0.6 is 0 Å². The number of fused-ring (bicyclic) bond motifs is 1. The van der Waals surface area contributed by atoms with Gasteiger partial charge in [0.2, 0.25) is 0 Å². The monoisotopic (exact) mass is 237 g/mol. The minimum absolute atomic E-state index is 0.860. The maximum absolute atomic E-state index is 5.95. The number of aromatic nitrogens is 2. The molecule has 0 fully saturated rings. The first-order chi connectivity index (χ1) is 8.79. The summed E-state index contributed by atoms with van der Waals surface area (Å²) in [5.41, 5.74) is 11.3. The zero-order chi connectivity index (χ0) is 12.5. The number of hydrogen-bond donors (Lipinski definition) is 1. The van der Waals surface area contributed by atoms with Crippen molar-refractivity contribution in [3.63, 3.8) is 0 Å². The number of rotatable bonds is 2. The molecule has 0 saturated heterocycles. The van der Waals surface area contributed by atoms with Crippen LogP contribution in [0.25, 0.3) is 16.9 Å². The number of anilines is 1. The lowest BCUT2D eigenvalue weighted by molar-refractivity contribution is 1.14. The molecule has 0 aliphatic carbocycles. The van der Waals surface area contributed by atoms with Crippen LogP contribution in [0.15, 0.2) is 48.8 Å². The highest BCUT2D eigenvalue weighted by molar-refractivity contribution is 5.67. The summed E-state index contributed by atoms with van der Waals surface area (Å²) in [4.78, 5) is 4.30. The van der Waals surface area contributed by atoms with Crippen LogP contribution in [-0.4, -0.2) is 9.38 Å². The first-order valence-electron chi connectivity index (χ1n) is 6.10. The van der Waals surface area contributed by atoms with Crippen molar-refractivity contribution in [3.8, 4) is 11.3 Å². The molecule has 2 N–H and O–H groups in total. The summed E-state index contributed by atoms with van der Waals surface area (Å²) in [5, 5.41) is 0. The van der Waals surface area contributed by atoms with Gasteiger partial charge in [0.25, 0.3) is 0 Å². The van der Waals surface area contributed by atoms with E-state index in [1.54, 1.807) is 0 Å². The van der Waals surface area contributed by atoms with E-state index in [2.05, 4.69) is 34.5 Å². The Kier molecular flexibility index (Phi) is 2.52. The number of aryl methyl sites for hydroxylation is 1. The molecule has 90 valence electrons. The fraction of sp³-hybridized carbons (Fsp3) is 0.133. The molecule has 0 atom stereocenters. The molecule has 3 nitrogen and oxygen atoms in total. The predicted molar refractivity (Wildman–Crippen MR) is 74.4 cm³/mol. The molecular weight excluding hydrogens is 222 g/mol. The third kappa shape index (κ3) is 1.64. The summed E-state index contributed by atoms with van der Waals surface area (Å²) in [6.07, 6.45) is 4.74. The SMILES string of the molecule is CCc1cc(-c2cccc3nccn23)ccc1N. The molecule has 0 radical (unpaired) electrons. The Labute approximate surface area is 106 Å². The Morgan fingerprint density at radius 1 is 1.22 bits per heavy atom. The average Bonchev–Trinajstić information content (AvgIpc) is 2.87. The van der Waals surface area contributed by atoms with E-state index in [0.29, 0.717) is 0 Å². The molecule has 0 unspecified atom stereocenters. The van der Waals surface area contributed by atoms with Gasteiger partial charge >= 0.3 is 0 Å². The van der Waals surface area contributed by atoms with Gasteiger partial charge in [-0.25, -0.2) is 4.98 Å². The van der Waals surface area contributed by atoms with Gasteiger partial charge in [-0.1, -0.05) is 19.1 Å². The molecule has 2 heterocycles. The lowest BCUT2D eigenvalue weighted by atomic mass is 10.0. The number of pyridine rings is 1. The van der Waals surface area contributed by atoms with Crippen LogP contribution in [0.3, 0.4) is 0 Å². The number of nitrogen functional groups attached to an aromatic ring is 1. The Morgan fingerprint density at radius 3 is 2.94 bits per heavy atom. The van der Waals surface area contributed by atoms with Gasteiger partial charge in [-0.3, -0.25) is 4.40 Å². The molecule has 1 aromatic carbocycles. The molecule has 0 saturated carbocycles. The third-order valence-electron chi connectivity index (χ3n) is 3.25. The quantitative estimate of drug-likeness (QED) is 0.696. The van der Waals surface area contributed by atoms with Gasteiger partial charge in [-0.15, -0.1) is 0 Å². The third-order valence-corrected chi connectivity index (χ3v) is 3.25. The molecule has 0 amide bonds. The van der Waals surface area contributed by atoms with E-state index in [4.69, 9.17) is 5.73 Å². The van der Waals surface area contributed by atoms with Gasteiger partial charge in [0.05, 0.1) is 5.69 Å². The topological polar surface area (TPSA) is 43.3 Å². The van der Waals surface area contributed by atoms with Crippen LogP contribution in [0.5, 0.6) is 0 Å². The van der Waals surface area contributed by atoms with Gasteiger partial charge in [0.1, 0.15) is 5.65 Å². The van der Waals surface area contributed by atoms with Crippen molar-refractivity contribution in [1.82, 2.24) is 9.38 Å². The molecule has 18 heavy (non-hydrogen) atoms. The first-order valence-corrected chi connectivity index (χ1v) is 6.10. The van der Waals surface area contributed by atoms with Crippen LogP contribution in [0.1, 0.15) is 12.5 Å². The summed E-state index contributed by atoms with van der Waals surface area (Å²) in [6.45, 7) is 2.12. The maximum atomic E-state index is 5.95. The summed E-state index contributed by atoms with van der Waals surface area (Å²) in [5.74, 6) is 0. The Bertz CT molecular complexity index is 698. The summed E-state index contributed by atoms with van der Waals surface area (Å²) in [6, 6.07) is 12.3. The van der Waals surface area contributed by atoms with Crippen molar-refractivity contribution in [2.24, 2.45) is 0 Å². The largest absolute Gasteiger partial charge is 0.399 e. The standard InChI is InChI=1S/C15H15N3/c1-2-11-10-12(6-7-13(11)16)14-4-3-5-15-17-8-9-18(14)15/h3-10H,2,16H2,1H3. The first kappa shape index (κ1) is 10.8. The molecule has 3 rings (SSSR count). The number of nitrogens with zero attached hydrogens (tertiary/aromatic N) is 2. The highest BCUT2D eigenvalue weighted by Gasteiger charge is 2.05. The molecule has 3 aromatic rings. The average molecular weight is 237 g/mol. The normalized spacial score (nSPS) is 10.9. The van der Waals surface area contributed by atoms with E-state index in [9.17, 15) is 0 Å². The number of benzene rings is 1. The van der Waals surface area contributed by atoms with Gasteiger partial charge in [0, 0.05) is 18.1 Å². The number of imidazole rings is 1. The Hall–Kier alpha value is -2.29. The van der Waals surface area contributed by atoms with Crippen molar-refractivity contribution in [2.45, 2.75) is 13.3 Å². The lowest BCUT2D eigenvalue weighted by Crippen LogP contribution is -1.95. The van der Waals surface area contributed by atoms with Crippen molar-refractivity contribution >= 4 is 11.3 Å². The van der Waals surface area contributed by atoms with Gasteiger partial charge < -0.3 is 5.73 Å². The Morgan fingerprint density at radius 2 is 2.11 bits per heavy atom. The van der Waals surface area contributed by atoms with E-state index >= 15 is 0 Å². The van der Waals surface area contributed by atoms with Crippen LogP contribution in [0.2, 0.25) is 0 Å². The van der Waals surface area contributed by atoms with Crippen molar-refractivity contribution in [2.75, 3.05) is 5.73 Å². The minimum Gasteiger partial charge on any atom is -0.399 e. The zero-order valence-electron chi connectivity index (χ0n) is 10.3. The van der Waals surface area contributed by atoms with E-state index in [-0.39, 0.29) is 0 Å². The molecule has 2 aromatic heterocycles. The van der Waals surface area contributed by atoms with Crippen LogP contribution in [-0.2, 0) is 6.42 Å². The number of nitrogens with two attached hydrogens (primary N) is 1. The molecule has 0 bridgehead atoms. The maximum Gasteiger partial charge on any atom is 0.137 e. The van der Waals surface area contributed by atoms with E-state index in [0.717, 1.165) is 23.4 Å². The highest BCUT2D eigenvalue weighted by atomic mass is 15.0. The van der Waals surface area contributed by atoms with Gasteiger partial charge in [0.15, 0.2) is 0 Å². The van der Waals surface area contributed by atoms with Gasteiger partial charge in [-0.2, -0.15) is 0 Å². The van der Waals surface area contributed by atoms with Crippen molar-refractivity contribution < 1.29 is 0 Å². The molecule has 0 aliphatic heterocycles. The van der Waals surface area contributed by atoms with Crippen LogP contribution in [0.4, 0.5) is 5.69 Å². The summed E-state index contributed by atoms with van der Waals surface area (Å²) >= 11 is 0. The van der Waals surface area contributed by atoms with Crippen LogP contribution < -0.4 is 5.73 Å². The second-order valence-electron chi connectivity index (χ2n) is 4.33. The Balaban J connectivity index is 2.23. The summed E-state index contributed by atoms with van der Waals surface area (Å²) in [7, 11) is 0. The van der Waals surface area contributed by atoms with E-state index in [1.807, 2.05) is 30.6 Å². The smallest absolute Gasteiger partial charge is 0.137 e. The second-order valence-corrected chi connectivity index (χ2v) is 4.33. The minimum atomic E-state index is 0.860. The second kappa shape index (κ2) is 4.18. The van der Waals surface area contributed by atoms with E-state index < -0.39 is 0 Å². The zero-order valence-corrected chi connectivity index (χ0v) is 10.3. The van der Waals surface area contributed by atoms with Crippen LogP contribution in [0, 0.1) is 0 Å². The fourth-order valence-electron chi connectivity index (χ4n) is 2.25. The van der Waals surface area contributed by atoms with E-state index in [1.165, 1.54) is 11.1 Å². The van der Waals surface area contributed by atoms with Crippen molar-refractivity contribution in [3.05, 3.63) is 54.4 Å². The fourth-order valence-corrected chi connectivity index (χ4v) is 2.25. The summed E-state index contributed by atoms with van der Waals surface area (Å²) < 4.78 is 2.09. The molecule has 0 spiro atoms.